The van der Waals surface area contributed by atoms with Crippen LogP contribution in [-0.2, 0) is 4.74 Å². The summed E-state index contributed by atoms with van der Waals surface area (Å²) in [5.41, 5.74) is 0. The summed E-state index contributed by atoms with van der Waals surface area (Å²) >= 11 is 0. The maximum Gasteiger partial charge on any atom is 0.0781 e. The number of aliphatic hydroxyl groups is 1. The van der Waals surface area contributed by atoms with Gasteiger partial charge in [-0.25, -0.2) is 0 Å². The normalized spacial score (nSPS) is 34.4. The predicted molar refractivity (Wildman–Crippen MR) is 62.8 cm³/mol. The van der Waals surface area contributed by atoms with Crippen LogP contribution < -0.4 is 0 Å². The largest absolute Gasteiger partial charge is 0.394 e. The summed E-state index contributed by atoms with van der Waals surface area (Å²) in [5.74, 6) is 2.14. The highest BCUT2D eigenvalue weighted by molar-refractivity contribution is 4.81. The smallest absolute Gasteiger partial charge is 0.0781 e. The van der Waals surface area contributed by atoms with Crippen LogP contribution in [0.5, 0.6) is 0 Å². The molecule has 0 aromatic heterocycles. The van der Waals surface area contributed by atoms with Crippen LogP contribution in [0.3, 0.4) is 0 Å². The molecule has 90 valence electrons. The van der Waals surface area contributed by atoms with Crippen molar-refractivity contribution in [3.63, 3.8) is 0 Å². The van der Waals surface area contributed by atoms with Crippen molar-refractivity contribution < 1.29 is 9.84 Å². The maximum absolute atomic E-state index is 9.03. The summed E-state index contributed by atoms with van der Waals surface area (Å²) in [6, 6.07) is 0. The van der Waals surface area contributed by atoms with E-state index in [1.807, 2.05) is 6.92 Å². The minimum atomic E-state index is -0.0125. The van der Waals surface area contributed by atoms with Gasteiger partial charge in [0.1, 0.15) is 0 Å². The lowest BCUT2D eigenvalue weighted by molar-refractivity contribution is -0.0881. The molecule has 1 N–H and O–H groups in total. The van der Waals surface area contributed by atoms with Crippen molar-refractivity contribution in [2.24, 2.45) is 17.8 Å². The van der Waals surface area contributed by atoms with E-state index in [0.717, 1.165) is 12.3 Å². The van der Waals surface area contributed by atoms with Crippen molar-refractivity contribution in [1.29, 1.82) is 0 Å². The second-order valence-corrected chi connectivity index (χ2v) is 5.49. The third kappa shape index (κ3) is 3.76. The molecule has 1 fully saturated rings. The zero-order chi connectivity index (χ0) is 11.4. The molecule has 1 aliphatic rings. The van der Waals surface area contributed by atoms with Crippen LogP contribution in [0.15, 0.2) is 0 Å². The van der Waals surface area contributed by atoms with E-state index in [1.165, 1.54) is 12.8 Å². The Hall–Kier alpha value is -0.0800. The van der Waals surface area contributed by atoms with Gasteiger partial charge >= 0.3 is 0 Å². The van der Waals surface area contributed by atoms with E-state index in [2.05, 4.69) is 20.8 Å². The Labute approximate surface area is 94.0 Å². The van der Waals surface area contributed by atoms with Crippen LogP contribution in [0.25, 0.3) is 0 Å². The zero-order valence-electron chi connectivity index (χ0n) is 10.6. The summed E-state index contributed by atoms with van der Waals surface area (Å²) in [6.07, 6.45) is 4.11. The molecule has 0 saturated heterocycles. The van der Waals surface area contributed by atoms with E-state index in [0.29, 0.717) is 17.9 Å². The van der Waals surface area contributed by atoms with Crippen LogP contribution in [0.4, 0.5) is 0 Å². The van der Waals surface area contributed by atoms with E-state index in [9.17, 15) is 0 Å². The van der Waals surface area contributed by atoms with Crippen molar-refractivity contribution >= 4 is 0 Å². The van der Waals surface area contributed by atoms with Crippen molar-refractivity contribution in [2.45, 2.75) is 59.2 Å². The van der Waals surface area contributed by atoms with Gasteiger partial charge in [0, 0.05) is 0 Å². The molecule has 0 aromatic rings. The quantitative estimate of drug-likeness (QED) is 0.779. The van der Waals surface area contributed by atoms with E-state index in [-0.39, 0.29) is 12.7 Å². The van der Waals surface area contributed by atoms with Gasteiger partial charge in [-0.1, -0.05) is 27.2 Å². The number of hydrogen-bond acceptors (Lipinski definition) is 2. The molecule has 0 heterocycles. The Kier molecular flexibility index (Phi) is 5.07. The van der Waals surface area contributed by atoms with Crippen molar-refractivity contribution in [3.8, 4) is 0 Å². The van der Waals surface area contributed by atoms with Crippen LogP contribution in [-0.4, -0.2) is 23.9 Å². The molecule has 0 aromatic carbocycles. The Morgan fingerprint density at radius 2 is 1.93 bits per heavy atom. The van der Waals surface area contributed by atoms with Crippen LogP contribution in [0.1, 0.15) is 47.0 Å². The molecule has 15 heavy (non-hydrogen) atoms. The van der Waals surface area contributed by atoms with Gasteiger partial charge < -0.3 is 9.84 Å². The monoisotopic (exact) mass is 214 g/mol. The molecule has 0 bridgehead atoms. The first-order valence-corrected chi connectivity index (χ1v) is 6.30. The van der Waals surface area contributed by atoms with E-state index in [4.69, 9.17) is 9.84 Å². The number of hydrogen-bond donors (Lipinski definition) is 1. The summed E-state index contributed by atoms with van der Waals surface area (Å²) in [5, 5.41) is 9.03. The highest BCUT2D eigenvalue weighted by Gasteiger charge is 2.32. The van der Waals surface area contributed by atoms with Crippen molar-refractivity contribution in [2.75, 3.05) is 6.61 Å². The molecule has 2 nitrogen and oxygen atoms in total. The predicted octanol–water partition coefficient (Wildman–Crippen LogP) is 2.84. The van der Waals surface area contributed by atoms with Crippen LogP contribution >= 0.6 is 0 Å². The second-order valence-electron chi connectivity index (χ2n) is 5.49. The topological polar surface area (TPSA) is 29.5 Å². The van der Waals surface area contributed by atoms with Gasteiger partial charge in [0.05, 0.1) is 18.8 Å². The summed E-state index contributed by atoms with van der Waals surface area (Å²) in [7, 11) is 0. The average molecular weight is 214 g/mol. The van der Waals surface area contributed by atoms with Crippen LogP contribution in [0.2, 0.25) is 0 Å². The lowest BCUT2D eigenvalue weighted by Crippen LogP contribution is -2.37. The van der Waals surface area contributed by atoms with Gasteiger partial charge in [0.15, 0.2) is 0 Å². The third-order valence-corrected chi connectivity index (χ3v) is 3.63. The number of aliphatic hydroxyl groups excluding tert-OH is 1. The average Bonchev–Trinajstić information content (AvgIpc) is 2.17. The van der Waals surface area contributed by atoms with Gasteiger partial charge in [0.2, 0.25) is 0 Å². The van der Waals surface area contributed by atoms with Gasteiger partial charge in [-0.3, -0.25) is 0 Å². The standard InChI is InChI=1S/C13H26O2/c1-9(2)12-6-5-10(3)7-13(12)15-11(4)8-14/h9-14H,5-8H2,1-4H3. The first-order valence-electron chi connectivity index (χ1n) is 6.30. The van der Waals surface area contributed by atoms with E-state index >= 15 is 0 Å². The van der Waals surface area contributed by atoms with E-state index in [1.54, 1.807) is 0 Å². The highest BCUT2D eigenvalue weighted by Crippen LogP contribution is 2.35. The van der Waals surface area contributed by atoms with Crippen molar-refractivity contribution in [3.05, 3.63) is 0 Å². The molecule has 2 heteroatoms. The van der Waals surface area contributed by atoms with Gasteiger partial charge in [0.25, 0.3) is 0 Å². The fourth-order valence-corrected chi connectivity index (χ4v) is 2.61. The maximum atomic E-state index is 9.03. The minimum absolute atomic E-state index is 0.0125. The first kappa shape index (κ1) is 13.0. The fraction of sp³-hybridized carbons (Fsp3) is 1.00. The highest BCUT2D eigenvalue weighted by atomic mass is 16.5. The third-order valence-electron chi connectivity index (χ3n) is 3.63. The fourth-order valence-electron chi connectivity index (χ4n) is 2.61. The lowest BCUT2D eigenvalue weighted by atomic mass is 9.75. The Balaban J connectivity index is 2.54. The lowest BCUT2D eigenvalue weighted by Gasteiger charge is -2.38. The van der Waals surface area contributed by atoms with Gasteiger partial charge in [-0.15, -0.1) is 0 Å². The molecule has 4 unspecified atom stereocenters. The minimum Gasteiger partial charge on any atom is -0.394 e. The molecule has 1 rings (SSSR count). The number of ether oxygens (including phenoxy) is 1. The first-order chi connectivity index (χ1) is 7.04. The molecule has 0 amide bonds. The van der Waals surface area contributed by atoms with Crippen LogP contribution in [0, 0.1) is 17.8 Å². The van der Waals surface area contributed by atoms with Gasteiger partial charge in [-0.2, -0.15) is 0 Å². The number of rotatable bonds is 4. The summed E-state index contributed by atoms with van der Waals surface area (Å²) < 4.78 is 5.93. The molecule has 4 atom stereocenters. The Morgan fingerprint density at radius 3 is 2.47 bits per heavy atom. The molecular formula is C13H26O2. The molecular weight excluding hydrogens is 188 g/mol. The van der Waals surface area contributed by atoms with E-state index < -0.39 is 0 Å². The second kappa shape index (κ2) is 5.86. The molecule has 0 aliphatic heterocycles. The Bertz CT molecular complexity index is 179. The van der Waals surface area contributed by atoms with Gasteiger partial charge in [-0.05, 0) is 37.5 Å². The molecule has 1 aliphatic carbocycles. The molecule has 0 spiro atoms. The summed E-state index contributed by atoms with van der Waals surface area (Å²) in [4.78, 5) is 0. The SMILES string of the molecule is CC1CCC(C(C)C)C(OC(C)CO)C1. The Morgan fingerprint density at radius 1 is 1.27 bits per heavy atom. The molecule has 1 saturated carbocycles. The molecule has 0 radical (unpaired) electrons. The summed E-state index contributed by atoms with van der Waals surface area (Å²) in [6.45, 7) is 8.95. The zero-order valence-corrected chi connectivity index (χ0v) is 10.6. The van der Waals surface area contributed by atoms with Crippen molar-refractivity contribution in [1.82, 2.24) is 0 Å².